The third-order valence-corrected chi connectivity index (χ3v) is 6.21. The van der Waals surface area contributed by atoms with E-state index in [4.69, 9.17) is 10.5 Å². The summed E-state index contributed by atoms with van der Waals surface area (Å²) in [5, 5.41) is 0.635. The molecule has 4 unspecified atom stereocenters. The largest absolute Gasteiger partial charge is 0.376 e. The van der Waals surface area contributed by atoms with Crippen LogP contribution in [0.15, 0.2) is 0 Å². The van der Waals surface area contributed by atoms with Crippen LogP contribution in [0, 0.1) is 0 Å². The van der Waals surface area contributed by atoms with Gasteiger partial charge in [-0.3, -0.25) is 4.90 Å². The molecule has 2 N–H and O–H groups in total. The van der Waals surface area contributed by atoms with Crippen LogP contribution in [0.5, 0.6) is 0 Å². The summed E-state index contributed by atoms with van der Waals surface area (Å²) in [7, 11) is 0. The minimum absolute atomic E-state index is 0.196. The van der Waals surface area contributed by atoms with Gasteiger partial charge in [0.05, 0.1) is 12.7 Å². The van der Waals surface area contributed by atoms with Crippen molar-refractivity contribution in [3.8, 4) is 0 Å². The average molecular weight is 272 g/mol. The van der Waals surface area contributed by atoms with Crippen LogP contribution >= 0.6 is 11.8 Å². The van der Waals surface area contributed by atoms with Crippen LogP contribution in [0.4, 0.5) is 0 Å². The minimum Gasteiger partial charge on any atom is -0.376 e. The van der Waals surface area contributed by atoms with Crippen molar-refractivity contribution in [1.29, 1.82) is 0 Å². The number of nitrogens with zero attached hydrogens (tertiary/aromatic N) is 1. The van der Waals surface area contributed by atoms with E-state index in [1.807, 2.05) is 0 Å². The number of hydrogen-bond donors (Lipinski definition) is 1. The van der Waals surface area contributed by atoms with Gasteiger partial charge in [0.25, 0.3) is 0 Å². The molecule has 2 aliphatic heterocycles. The lowest BCUT2D eigenvalue weighted by atomic mass is 9.85. The van der Waals surface area contributed by atoms with Crippen molar-refractivity contribution in [3.05, 3.63) is 0 Å². The molecule has 4 atom stereocenters. The van der Waals surface area contributed by atoms with Crippen LogP contribution < -0.4 is 5.73 Å². The van der Waals surface area contributed by atoms with Crippen LogP contribution in [-0.4, -0.2) is 53.3 Å². The highest BCUT2D eigenvalue weighted by Gasteiger charge is 2.46. The first-order valence-corrected chi connectivity index (χ1v) is 8.39. The molecule has 3 nitrogen and oxygen atoms in total. The Bertz CT molecular complexity index is 277. The first-order valence-electron chi connectivity index (χ1n) is 7.34. The third kappa shape index (κ3) is 2.58. The van der Waals surface area contributed by atoms with Crippen molar-refractivity contribution in [2.75, 3.05) is 25.4 Å². The smallest absolute Gasteiger partial charge is 0.0675 e. The first kappa shape index (κ1) is 14.6. The molecule has 2 saturated heterocycles. The molecule has 2 aliphatic rings. The van der Waals surface area contributed by atoms with E-state index >= 15 is 0 Å². The van der Waals surface area contributed by atoms with E-state index in [1.165, 1.54) is 18.6 Å². The van der Waals surface area contributed by atoms with Gasteiger partial charge in [-0.1, -0.05) is 13.8 Å². The van der Waals surface area contributed by atoms with Gasteiger partial charge < -0.3 is 10.5 Å². The zero-order valence-corrected chi connectivity index (χ0v) is 12.8. The van der Waals surface area contributed by atoms with Gasteiger partial charge in [0.2, 0.25) is 0 Å². The maximum Gasteiger partial charge on any atom is 0.0675 e. The van der Waals surface area contributed by atoms with Crippen LogP contribution in [0.25, 0.3) is 0 Å². The second-order valence-corrected chi connectivity index (χ2v) is 7.23. The Balaban J connectivity index is 2.22. The molecule has 0 aliphatic carbocycles. The Morgan fingerprint density at radius 1 is 1.44 bits per heavy atom. The fourth-order valence-corrected chi connectivity index (χ4v) is 4.81. The van der Waals surface area contributed by atoms with Gasteiger partial charge in [-0.25, -0.2) is 0 Å². The Kier molecular flexibility index (Phi) is 4.98. The number of nitrogens with two attached hydrogens (primary N) is 1. The number of hydrogen-bond acceptors (Lipinski definition) is 4. The fourth-order valence-electron chi connectivity index (χ4n) is 3.49. The molecule has 106 valence electrons. The molecular weight excluding hydrogens is 244 g/mol. The third-order valence-electron chi connectivity index (χ3n) is 4.74. The summed E-state index contributed by atoms with van der Waals surface area (Å²) in [6, 6.07) is 0.547. The number of thioether (sulfide) groups is 1. The SMILES string of the molecule is CCC1COC(C)CN1C1(CN)CCCSC1C. The Hall–Kier alpha value is 0.230. The van der Waals surface area contributed by atoms with Crippen molar-refractivity contribution >= 4 is 11.8 Å². The lowest BCUT2D eigenvalue weighted by molar-refractivity contribution is -0.101. The number of ether oxygens (including phenoxy) is 1. The molecule has 2 rings (SSSR count). The summed E-state index contributed by atoms with van der Waals surface area (Å²) in [5.74, 6) is 1.29. The molecule has 18 heavy (non-hydrogen) atoms. The standard InChI is InChI=1S/C14H28N2OS/c1-4-13-9-17-11(2)8-16(13)14(10-15)6-5-7-18-12(14)3/h11-13H,4-10,15H2,1-3H3. The van der Waals surface area contributed by atoms with Gasteiger partial charge in [0, 0.05) is 29.9 Å². The molecule has 0 amide bonds. The first-order chi connectivity index (χ1) is 8.64. The van der Waals surface area contributed by atoms with Gasteiger partial charge in [0.15, 0.2) is 0 Å². The molecule has 2 heterocycles. The molecule has 0 saturated carbocycles. The van der Waals surface area contributed by atoms with Crippen LogP contribution in [-0.2, 0) is 4.74 Å². The van der Waals surface area contributed by atoms with Crippen molar-refractivity contribution in [3.63, 3.8) is 0 Å². The van der Waals surface area contributed by atoms with E-state index in [-0.39, 0.29) is 5.54 Å². The quantitative estimate of drug-likeness (QED) is 0.854. The minimum atomic E-state index is 0.196. The van der Waals surface area contributed by atoms with Crippen LogP contribution in [0.2, 0.25) is 0 Å². The topological polar surface area (TPSA) is 38.5 Å². The van der Waals surface area contributed by atoms with Gasteiger partial charge in [-0.2, -0.15) is 11.8 Å². The van der Waals surface area contributed by atoms with Gasteiger partial charge in [-0.15, -0.1) is 0 Å². The molecule has 0 aromatic carbocycles. The zero-order chi connectivity index (χ0) is 13.2. The summed E-state index contributed by atoms with van der Waals surface area (Å²) in [6.45, 7) is 9.51. The molecule has 0 aromatic heterocycles. The maximum atomic E-state index is 6.23. The lowest BCUT2D eigenvalue weighted by Gasteiger charge is -2.55. The highest BCUT2D eigenvalue weighted by Crippen LogP contribution is 2.40. The molecule has 2 fully saturated rings. The predicted octanol–water partition coefficient (Wildman–Crippen LogP) is 2.10. The summed E-state index contributed by atoms with van der Waals surface area (Å²) in [4.78, 5) is 2.69. The Morgan fingerprint density at radius 3 is 2.83 bits per heavy atom. The van der Waals surface area contributed by atoms with Gasteiger partial charge in [-0.05, 0) is 31.9 Å². The molecule has 0 aromatic rings. The second-order valence-electron chi connectivity index (χ2n) is 5.78. The van der Waals surface area contributed by atoms with Crippen molar-refractivity contribution in [2.24, 2.45) is 5.73 Å². The highest BCUT2D eigenvalue weighted by atomic mass is 32.2. The molecule has 0 radical (unpaired) electrons. The molecular formula is C14H28N2OS. The zero-order valence-electron chi connectivity index (χ0n) is 12.0. The number of rotatable bonds is 3. The van der Waals surface area contributed by atoms with Crippen molar-refractivity contribution in [2.45, 2.75) is 63.0 Å². The van der Waals surface area contributed by atoms with E-state index in [2.05, 4.69) is 37.4 Å². The Morgan fingerprint density at radius 2 is 2.22 bits per heavy atom. The summed E-state index contributed by atoms with van der Waals surface area (Å²) in [6.07, 6.45) is 4.05. The summed E-state index contributed by atoms with van der Waals surface area (Å²) >= 11 is 2.09. The maximum absolute atomic E-state index is 6.23. The molecule has 0 spiro atoms. The van der Waals surface area contributed by atoms with E-state index in [0.717, 1.165) is 26.1 Å². The molecule has 4 heteroatoms. The van der Waals surface area contributed by atoms with Gasteiger partial charge in [0.1, 0.15) is 0 Å². The summed E-state index contributed by atoms with van der Waals surface area (Å²) in [5.41, 5.74) is 6.42. The fraction of sp³-hybridized carbons (Fsp3) is 1.00. The number of morpholine rings is 1. The van der Waals surface area contributed by atoms with E-state index < -0.39 is 0 Å². The van der Waals surface area contributed by atoms with Crippen LogP contribution in [0.3, 0.4) is 0 Å². The molecule has 0 bridgehead atoms. The summed E-state index contributed by atoms with van der Waals surface area (Å²) < 4.78 is 5.84. The van der Waals surface area contributed by atoms with Gasteiger partial charge >= 0.3 is 0 Å². The predicted molar refractivity (Wildman–Crippen MR) is 79.1 cm³/mol. The average Bonchev–Trinajstić information content (AvgIpc) is 2.39. The second kappa shape index (κ2) is 6.12. The van der Waals surface area contributed by atoms with E-state index in [1.54, 1.807) is 0 Å². The van der Waals surface area contributed by atoms with Crippen LogP contribution in [0.1, 0.15) is 40.0 Å². The highest BCUT2D eigenvalue weighted by molar-refractivity contribution is 8.00. The van der Waals surface area contributed by atoms with E-state index in [0.29, 0.717) is 17.4 Å². The van der Waals surface area contributed by atoms with E-state index in [9.17, 15) is 0 Å². The normalized spacial score (nSPS) is 43.0. The van der Waals surface area contributed by atoms with Crippen molar-refractivity contribution < 1.29 is 4.74 Å². The monoisotopic (exact) mass is 272 g/mol. The van der Waals surface area contributed by atoms with Crippen molar-refractivity contribution in [1.82, 2.24) is 4.90 Å². The Labute approximate surface area is 116 Å². The lowest BCUT2D eigenvalue weighted by Crippen LogP contribution is -2.67.